The molecule has 3 N–H and O–H groups in total. The lowest BCUT2D eigenvalue weighted by molar-refractivity contribution is -0.274. The minimum Gasteiger partial charge on any atom is -0.489 e. The highest BCUT2D eigenvalue weighted by Gasteiger charge is 2.31. The monoisotopic (exact) mass is 496 g/mol. The molecule has 0 aliphatic carbocycles. The number of alkyl halides is 3. The van der Waals surface area contributed by atoms with Crippen molar-refractivity contribution in [2.24, 2.45) is 0 Å². The Balaban J connectivity index is 1.41. The standard InChI is InChI=1S/C22H14F6N4O3/c23-15-6-7-16(19(25)18(15)24)29-21(33)30-20-14-5-4-12(9-17(14)31-32-20)34-10-11-2-1-3-13(8-11)35-22(26,27)28/h1-9H,10H2,(H3,29,30,31,32,33). The highest BCUT2D eigenvalue weighted by Crippen LogP contribution is 2.27. The summed E-state index contributed by atoms with van der Waals surface area (Å²) in [6.45, 7) is -0.0536. The zero-order valence-electron chi connectivity index (χ0n) is 17.3. The van der Waals surface area contributed by atoms with E-state index in [-0.39, 0.29) is 18.2 Å². The van der Waals surface area contributed by atoms with E-state index < -0.39 is 35.5 Å². The van der Waals surface area contributed by atoms with Crippen LogP contribution < -0.4 is 20.1 Å². The largest absolute Gasteiger partial charge is 0.573 e. The van der Waals surface area contributed by atoms with Crippen LogP contribution in [0.25, 0.3) is 10.9 Å². The molecule has 3 aromatic carbocycles. The van der Waals surface area contributed by atoms with Gasteiger partial charge in [-0.05, 0) is 42.0 Å². The van der Waals surface area contributed by atoms with E-state index >= 15 is 0 Å². The molecular weight excluding hydrogens is 482 g/mol. The second kappa shape index (κ2) is 9.44. The maximum absolute atomic E-state index is 13.7. The number of fused-ring (bicyclic) bond motifs is 1. The Morgan fingerprint density at radius 3 is 2.51 bits per heavy atom. The number of carbonyl (C=O) groups is 1. The fraction of sp³-hybridized carbons (Fsp3) is 0.0909. The number of anilines is 2. The summed E-state index contributed by atoms with van der Waals surface area (Å²) in [7, 11) is 0. The van der Waals surface area contributed by atoms with Crippen LogP contribution in [-0.2, 0) is 6.61 Å². The molecule has 4 aromatic rings. The SMILES string of the molecule is O=C(Nc1ccc(F)c(F)c1F)Nc1n[nH]c2cc(OCc3cccc(OC(F)(F)F)c3)ccc12. The maximum Gasteiger partial charge on any atom is 0.573 e. The van der Waals surface area contributed by atoms with Gasteiger partial charge >= 0.3 is 12.4 Å². The number of benzene rings is 3. The number of urea groups is 1. The minimum atomic E-state index is -4.81. The normalized spacial score (nSPS) is 11.4. The first kappa shape index (κ1) is 23.7. The molecule has 2 amide bonds. The van der Waals surface area contributed by atoms with Gasteiger partial charge in [-0.15, -0.1) is 13.2 Å². The molecule has 1 aromatic heterocycles. The molecule has 4 rings (SSSR count). The maximum atomic E-state index is 13.7. The van der Waals surface area contributed by atoms with E-state index in [9.17, 15) is 31.1 Å². The number of aromatic amines is 1. The second-order valence-corrected chi connectivity index (χ2v) is 7.07. The summed E-state index contributed by atoms with van der Waals surface area (Å²) in [6, 6.07) is 10.5. The Morgan fingerprint density at radius 1 is 0.943 bits per heavy atom. The fourth-order valence-corrected chi connectivity index (χ4v) is 3.07. The van der Waals surface area contributed by atoms with Crippen molar-refractivity contribution >= 4 is 28.4 Å². The van der Waals surface area contributed by atoms with Gasteiger partial charge in [0.15, 0.2) is 23.3 Å². The quantitative estimate of drug-likeness (QED) is 0.222. The van der Waals surface area contributed by atoms with Crippen LogP contribution in [0.2, 0.25) is 0 Å². The predicted molar refractivity (Wildman–Crippen MR) is 113 cm³/mol. The molecule has 0 aliphatic rings. The molecule has 0 radical (unpaired) electrons. The molecule has 0 saturated carbocycles. The lowest BCUT2D eigenvalue weighted by Gasteiger charge is -2.11. The van der Waals surface area contributed by atoms with Gasteiger partial charge in [0.2, 0.25) is 0 Å². The number of carbonyl (C=O) groups excluding carboxylic acids is 1. The van der Waals surface area contributed by atoms with Gasteiger partial charge in [0.1, 0.15) is 18.1 Å². The summed E-state index contributed by atoms with van der Waals surface area (Å²) < 4.78 is 86.7. The molecule has 0 atom stereocenters. The van der Waals surface area contributed by atoms with E-state index in [1.54, 1.807) is 12.1 Å². The molecule has 0 saturated heterocycles. The van der Waals surface area contributed by atoms with E-state index in [2.05, 4.69) is 25.6 Å². The van der Waals surface area contributed by atoms with Crippen LogP contribution in [0.5, 0.6) is 11.5 Å². The molecule has 0 bridgehead atoms. The number of hydrogen-bond acceptors (Lipinski definition) is 4. The van der Waals surface area contributed by atoms with Crippen molar-refractivity contribution in [3.8, 4) is 11.5 Å². The van der Waals surface area contributed by atoms with Gasteiger partial charge in [-0.2, -0.15) is 5.10 Å². The van der Waals surface area contributed by atoms with Gasteiger partial charge in [-0.3, -0.25) is 10.4 Å². The third kappa shape index (κ3) is 5.75. The molecule has 0 fully saturated rings. The Kier molecular flexibility index (Phi) is 6.40. The van der Waals surface area contributed by atoms with Gasteiger partial charge in [-0.1, -0.05) is 12.1 Å². The van der Waals surface area contributed by atoms with Crippen LogP contribution in [0.3, 0.4) is 0 Å². The van der Waals surface area contributed by atoms with Gasteiger partial charge in [0.25, 0.3) is 0 Å². The molecule has 13 heteroatoms. The fourth-order valence-electron chi connectivity index (χ4n) is 3.07. The third-order valence-corrected chi connectivity index (χ3v) is 4.59. The lowest BCUT2D eigenvalue weighted by Crippen LogP contribution is -2.21. The van der Waals surface area contributed by atoms with Crippen LogP contribution >= 0.6 is 0 Å². The van der Waals surface area contributed by atoms with Crippen molar-refractivity contribution in [1.29, 1.82) is 0 Å². The van der Waals surface area contributed by atoms with Crippen LogP contribution in [0.4, 0.5) is 42.6 Å². The number of halogens is 6. The van der Waals surface area contributed by atoms with Gasteiger partial charge in [0.05, 0.1) is 11.2 Å². The molecule has 7 nitrogen and oxygen atoms in total. The lowest BCUT2D eigenvalue weighted by atomic mass is 10.2. The van der Waals surface area contributed by atoms with Crippen molar-refractivity contribution in [2.45, 2.75) is 13.0 Å². The molecule has 0 aliphatic heterocycles. The highest BCUT2D eigenvalue weighted by atomic mass is 19.4. The number of nitrogens with one attached hydrogen (secondary N) is 3. The van der Waals surface area contributed by atoms with Gasteiger partial charge in [-0.25, -0.2) is 18.0 Å². The third-order valence-electron chi connectivity index (χ3n) is 4.59. The van der Waals surface area contributed by atoms with Crippen molar-refractivity contribution in [3.63, 3.8) is 0 Å². The Labute approximate surface area is 192 Å². The molecule has 182 valence electrons. The smallest absolute Gasteiger partial charge is 0.489 e. The first-order chi connectivity index (χ1) is 16.6. The number of hydrogen-bond donors (Lipinski definition) is 3. The molecule has 0 unspecified atom stereocenters. The van der Waals surface area contributed by atoms with Crippen LogP contribution in [-0.4, -0.2) is 22.6 Å². The van der Waals surface area contributed by atoms with Gasteiger partial charge in [0, 0.05) is 11.5 Å². The number of rotatable bonds is 6. The van der Waals surface area contributed by atoms with E-state index in [1.165, 1.54) is 30.3 Å². The Bertz CT molecular complexity index is 1390. The van der Waals surface area contributed by atoms with Gasteiger partial charge < -0.3 is 14.8 Å². The zero-order valence-corrected chi connectivity index (χ0v) is 17.3. The first-order valence-electron chi connectivity index (χ1n) is 9.76. The number of nitrogens with zero attached hydrogens (tertiary/aromatic N) is 1. The Hall–Kier alpha value is -4.42. The van der Waals surface area contributed by atoms with Crippen molar-refractivity contribution < 1.29 is 40.6 Å². The number of aromatic nitrogens is 2. The van der Waals surface area contributed by atoms with Crippen LogP contribution in [0, 0.1) is 17.5 Å². The van der Waals surface area contributed by atoms with E-state index in [0.717, 1.165) is 6.07 Å². The summed E-state index contributed by atoms with van der Waals surface area (Å²) in [6.07, 6.45) is -4.81. The van der Waals surface area contributed by atoms with Crippen molar-refractivity contribution in [2.75, 3.05) is 10.6 Å². The average Bonchev–Trinajstić information content (AvgIpc) is 3.19. The molecule has 0 spiro atoms. The summed E-state index contributed by atoms with van der Waals surface area (Å²) in [4.78, 5) is 12.1. The van der Waals surface area contributed by atoms with E-state index in [0.29, 0.717) is 28.3 Å². The van der Waals surface area contributed by atoms with Crippen LogP contribution in [0.15, 0.2) is 54.6 Å². The second-order valence-electron chi connectivity index (χ2n) is 7.07. The minimum absolute atomic E-state index is 0.0536. The Morgan fingerprint density at radius 2 is 1.74 bits per heavy atom. The summed E-state index contributed by atoms with van der Waals surface area (Å²) in [5.41, 5.74) is 0.299. The zero-order chi connectivity index (χ0) is 25.2. The number of H-pyrrole nitrogens is 1. The number of amides is 2. The topological polar surface area (TPSA) is 88.3 Å². The van der Waals surface area contributed by atoms with E-state index in [4.69, 9.17) is 4.74 Å². The molecule has 35 heavy (non-hydrogen) atoms. The molecule has 1 heterocycles. The molecular formula is C22H14F6N4O3. The van der Waals surface area contributed by atoms with Crippen LogP contribution in [0.1, 0.15) is 5.56 Å². The first-order valence-corrected chi connectivity index (χ1v) is 9.76. The summed E-state index contributed by atoms with van der Waals surface area (Å²) >= 11 is 0. The van der Waals surface area contributed by atoms with E-state index in [1.807, 2.05) is 0 Å². The predicted octanol–water partition coefficient (Wildman–Crippen LogP) is 6.10. The summed E-state index contributed by atoms with van der Waals surface area (Å²) in [5.74, 6) is -4.64. The number of ether oxygens (including phenoxy) is 2. The highest BCUT2D eigenvalue weighted by molar-refractivity contribution is 6.04. The summed E-state index contributed by atoms with van der Waals surface area (Å²) in [5, 5.41) is 11.4. The van der Waals surface area contributed by atoms with Crippen molar-refractivity contribution in [3.05, 3.63) is 77.6 Å². The van der Waals surface area contributed by atoms with Crippen molar-refractivity contribution in [1.82, 2.24) is 10.2 Å². The average molecular weight is 496 g/mol.